The van der Waals surface area contributed by atoms with Crippen molar-refractivity contribution in [3.05, 3.63) is 36.2 Å². The summed E-state index contributed by atoms with van der Waals surface area (Å²) >= 11 is 0. The van der Waals surface area contributed by atoms with Crippen LogP contribution in [0.25, 0.3) is 5.52 Å². The topological polar surface area (TPSA) is 41.2 Å². The van der Waals surface area contributed by atoms with E-state index in [9.17, 15) is 0 Å². The van der Waals surface area contributed by atoms with Crippen molar-refractivity contribution < 1.29 is 0 Å². The number of rotatable bonds is 3. The van der Waals surface area contributed by atoms with E-state index in [4.69, 9.17) is 5.41 Å². The third kappa shape index (κ3) is 1.53. The Morgan fingerprint density at radius 1 is 1.50 bits per heavy atom. The lowest BCUT2D eigenvalue weighted by molar-refractivity contribution is 0.932. The Kier molecular flexibility index (Phi) is 2.31. The maximum Gasteiger partial charge on any atom is 0.107 e. The summed E-state index contributed by atoms with van der Waals surface area (Å²) in [5.74, 6) is 0. The summed E-state index contributed by atoms with van der Waals surface area (Å²) in [7, 11) is 0. The average Bonchev–Trinajstić information content (AvgIpc) is 2.61. The number of hydrogen-bond acceptors (Lipinski definition) is 2. The Labute approximate surface area is 82.9 Å². The summed E-state index contributed by atoms with van der Waals surface area (Å²) in [5.41, 5.74) is 2.46. The van der Waals surface area contributed by atoms with E-state index in [1.54, 1.807) is 4.52 Å². The Morgan fingerprint density at radius 3 is 3.07 bits per heavy atom. The molecule has 0 aliphatic rings. The third-order valence-corrected chi connectivity index (χ3v) is 2.18. The summed E-state index contributed by atoms with van der Waals surface area (Å²) in [4.78, 5) is 0. The summed E-state index contributed by atoms with van der Waals surface area (Å²) < 4.78 is 1.81. The first-order chi connectivity index (χ1) is 6.81. The molecule has 14 heavy (non-hydrogen) atoms. The van der Waals surface area contributed by atoms with Gasteiger partial charge in [-0.05, 0) is 24.6 Å². The number of nitrogens with zero attached hydrogens (tertiary/aromatic N) is 2. The molecule has 72 valence electrons. The molecule has 0 radical (unpaired) electrons. The van der Waals surface area contributed by atoms with Gasteiger partial charge in [0.2, 0.25) is 0 Å². The van der Waals surface area contributed by atoms with Crippen molar-refractivity contribution in [2.45, 2.75) is 19.8 Å². The summed E-state index contributed by atoms with van der Waals surface area (Å²) in [6, 6.07) is 7.87. The molecular formula is C11H13N3. The fraction of sp³-hybridized carbons (Fsp3) is 0.273. The first-order valence-electron chi connectivity index (χ1n) is 4.83. The lowest BCUT2D eigenvalue weighted by Gasteiger charge is -1.94. The van der Waals surface area contributed by atoms with Crippen LogP contribution < -0.4 is 0 Å². The van der Waals surface area contributed by atoms with Crippen LogP contribution in [0, 0.1) is 5.41 Å². The summed E-state index contributed by atoms with van der Waals surface area (Å²) in [6.07, 6.45) is 3.69. The first-order valence-corrected chi connectivity index (χ1v) is 4.83. The standard InChI is InChI=1S/C11H13N3/c1-2-5-10(12)11-8-9-6-3-4-7-14(9)13-11/h3-4,6-8,12H,2,5H2,1H3. The van der Waals surface area contributed by atoms with E-state index in [-0.39, 0.29) is 0 Å². The third-order valence-electron chi connectivity index (χ3n) is 2.18. The van der Waals surface area contributed by atoms with Crippen LogP contribution in [0.3, 0.4) is 0 Å². The Balaban J connectivity index is 2.40. The van der Waals surface area contributed by atoms with E-state index in [1.807, 2.05) is 30.5 Å². The quantitative estimate of drug-likeness (QED) is 0.737. The average molecular weight is 187 g/mol. The minimum atomic E-state index is 0.621. The molecule has 2 aromatic rings. The molecule has 1 N–H and O–H groups in total. The van der Waals surface area contributed by atoms with E-state index < -0.39 is 0 Å². The largest absolute Gasteiger partial charge is 0.303 e. The Bertz CT molecular complexity index is 423. The normalized spacial score (nSPS) is 10.6. The molecule has 0 aromatic carbocycles. The van der Waals surface area contributed by atoms with Gasteiger partial charge in [-0.3, -0.25) is 0 Å². The second kappa shape index (κ2) is 3.62. The van der Waals surface area contributed by atoms with Crippen LogP contribution in [-0.4, -0.2) is 15.3 Å². The van der Waals surface area contributed by atoms with Gasteiger partial charge in [0.15, 0.2) is 0 Å². The molecule has 0 fully saturated rings. The Hall–Kier alpha value is -1.64. The number of fused-ring (bicyclic) bond motifs is 1. The van der Waals surface area contributed by atoms with Crippen molar-refractivity contribution in [1.29, 1.82) is 5.41 Å². The molecule has 0 aliphatic heterocycles. The fourth-order valence-electron chi connectivity index (χ4n) is 1.46. The van der Waals surface area contributed by atoms with E-state index in [0.29, 0.717) is 5.71 Å². The molecule has 0 unspecified atom stereocenters. The van der Waals surface area contributed by atoms with Crippen LogP contribution in [0.2, 0.25) is 0 Å². The van der Waals surface area contributed by atoms with E-state index in [0.717, 1.165) is 24.1 Å². The highest BCUT2D eigenvalue weighted by Gasteiger charge is 2.05. The van der Waals surface area contributed by atoms with Crippen LogP contribution in [-0.2, 0) is 0 Å². The minimum Gasteiger partial charge on any atom is -0.303 e. The van der Waals surface area contributed by atoms with Gasteiger partial charge in [0, 0.05) is 6.20 Å². The van der Waals surface area contributed by atoms with Gasteiger partial charge in [-0.2, -0.15) is 5.10 Å². The lowest BCUT2D eigenvalue weighted by Crippen LogP contribution is -1.99. The molecule has 3 heteroatoms. The Morgan fingerprint density at radius 2 is 2.36 bits per heavy atom. The molecular weight excluding hydrogens is 174 g/mol. The fourth-order valence-corrected chi connectivity index (χ4v) is 1.46. The highest BCUT2D eigenvalue weighted by atomic mass is 15.2. The predicted molar refractivity (Wildman–Crippen MR) is 56.9 cm³/mol. The number of pyridine rings is 1. The lowest BCUT2D eigenvalue weighted by atomic mass is 10.1. The van der Waals surface area contributed by atoms with Gasteiger partial charge in [0.1, 0.15) is 5.69 Å². The zero-order valence-corrected chi connectivity index (χ0v) is 8.20. The SMILES string of the molecule is CCCC(=N)c1cc2ccccn2n1. The molecule has 2 aromatic heterocycles. The maximum atomic E-state index is 7.79. The molecule has 2 heterocycles. The van der Waals surface area contributed by atoms with Gasteiger partial charge in [0.25, 0.3) is 0 Å². The van der Waals surface area contributed by atoms with Crippen molar-refractivity contribution in [2.75, 3.05) is 0 Å². The molecule has 2 rings (SSSR count). The van der Waals surface area contributed by atoms with Crippen molar-refractivity contribution in [3.8, 4) is 0 Å². The van der Waals surface area contributed by atoms with E-state index in [2.05, 4.69) is 12.0 Å². The van der Waals surface area contributed by atoms with E-state index in [1.165, 1.54) is 0 Å². The zero-order valence-electron chi connectivity index (χ0n) is 8.20. The smallest absolute Gasteiger partial charge is 0.107 e. The van der Waals surface area contributed by atoms with Gasteiger partial charge in [-0.1, -0.05) is 19.4 Å². The highest BCUT2D eigenvalue weighted by molar-refractivity contribution is 5.97. The molecule has 0 saturated carbocycles. The van der Waals surface area contributed by atoms with E-state index >= 15 is 0 Å². The van der Waals surface area contributed by atoms with Crippen LogP contribution in [0.15, 0.2) is 30.5 Å². The number of aromatic nitrogens is 2. The molecule has 0 atom stereocenters. The monoisotopic (exact) mass is 187 g/mol. The first kappa shape index (κ1) is 8.94. The number of hydrogen-bond donors (Lipinski definition) is 1. The second-order valence-corrected chi connectivity index (χ2v) is 3.33. The van der Waals surface area contributed by atoms with Crippen LogP contribution in [0.5, 0.6) is 0 Å². The highest BCUT2D eigenvalue weighted by Crippen LogP contribution is 2.08. The van der Waals surface area contributed by atoms with Gasteiger partial charge in [0.05, 0.1) is 11.2 Å². The van der Waals surface area contributed by atoms with Gasteiger partial charge >= 0.3 is 0 Å². The zero-order chi connectivity index (χ0) is 9.97. The number of nitrogens with one attached hydrogen (secondary N) is 1. The summed E-state index contributed by atoms with van der Waals surface area (Å²) in [5, 5.41) is 12.1. The van der Waals surface area contributed by atoms with Crippen LogP contribution >= 0.6 is 0 Å². The molecule has 0 saturated heterocycles. The second-order valence-electron chi connectivity index (χ2n) is 3.33. The minimum absolute atomic E-state index is 0.621. The van der Waals surface area contributed by atoms with Gasteiger partial charge in [-0.15, -0.1) is 0 Å². The summed E-state index contributed by atoms with van der Waals surface area (Å²) in [6.45, 7) is 2.07. The molecule has 0 aliphatic carbocycles. The van der Waals surface area contributed by atoms with Crippen molar-refractivity contribution >= 4 is 11.2 Å². The molecule has 0 amide bonds. The van der Waals surface area contributed by atoms with Crippen LogP contribution in [0.1, 0.15) is 25.5 Å². The van der Waals surface area contributed by atoms with Crippen molar-refractivity contribution in [3.63, 3.8) is 0 Å². The molecule has 0 bridgehead atoms. The van der Waals surface area contributed by atoms with Crippen molar-refractivity contribution in [2.24, 2.45) is 0 Å². The predicted octanol–water partition coefficient (Wildman–Crippen LogP) is 2.50. The van der Waals surface area contributed by atoms with Gasteiger partial charge < -0.3 is 5.41 Å². The van der Waals surface area contributed by atoms with Crippen molar-refractivity contribution in [1.82, 2.24) is 9.61 Å². The van der Waals surface area contributed by atoms with Gasteiger partial charge in [-0.25, -0.2) is 4.52 Å². The maximum absolute atomic E-state index is 7.79. The molecule has 0 spiro atoms. The van der Waals surface area contributed by atoms with Crippen LogP contribution in [0.4, 0.5) is 0 Å². The molecule has 3 nitrogen and oxygen atoms in total.